The first kappa shape index (κ1) is 13.8. The molecule has 0 bridgehead atoms. The number of hydrogen-bond acceptors (Lipinski definition) is 3. The number of Topliss-reactive ketones (excluding diaryl/α,β-unsaturated/α-hetero) is 1. The van der Waals surface area contributed by atoms with Crippen molar-refractivity contribution < 1.29 is 24.2 Å². The van der Waals surface area contributed by atoms with Gasteiger partial charge in [-0.25, -0.2) is 9.18 Å². The van der Waals surface area contributed by atoms with Crippen LogP contribution in [0.4, 0.5) is 4.39 Å². The average molecular weight is 305 g/mol. The van der Waals surface area contributed by atoms with Crippen LogP contribution in [0.5, 0.6) is 0 Å². The zero-order chi connectivity index (χ0) is 13.2. The molecule has 2 N–H and O–H groups in total. The van der Waals surface area contributed by atoms with Gasteiger partial charge in [-0.2, -0.15) is 0 Å². The lowest BCUT2D eigenvalue weighted by atomic mass is 10.0. The summed E-state index contributed by atoms with van der Waals surface area (Å²) >= 11 is 3.00. The smallest absolute Gasteiger partial charge is 0.337 e. The number of ketones is 1. The molecule has 0 aromatic heterocycles. The van der Waals surface area contributed by atoms with E-state index in [2.05, 4.69) is 15.9 Å². The van der Waals surface area contributed by atoms with E-state index in [1.165, 1.54) is 19.1 Å². The van der Waals surface area contributed by atoms with Crippen LogP contribution >= 0.6 is 15.9 Å². The number of rotatable bonds is 4. The fourth-order valence-electron chi connectivity index (χ4n) is 1.33. The summed E-state index contributed by atoms with van der Waals surface area (Å²) in [5, 5.41) is 17.9. The third kappa shape index (κ3) is 2.89. The zero-order valence-electron chi connectivity index (χ0n) is 8.85. The van der Waals surface area contributed by atoms with Gasteiger partial charge in [0.15, 0.2) is 6.10 Å². The minimum Gasteiger partial charge on any atom is -0.479 e. The van der Waals surface area contributed by atoms with Crippen molar-refractivity contribution in [2.24, 2.45) is 0 Å². The second kappa shape index (κ2) is 5.37. The number of carbonyl (C=O) groups is 2. The van der Waals surface area contributed by atoms with Crippen molar-refractivity contribution in [3.8, 4) is 0 Å². The molecule has 0 aliphatic rings. The van der Waals surface area contributed by atoms with Crippen LogP contribution in [0.3, 0.4) is 0 Å². The van der Waals surface area contributed by atoms with Gasteiger partial charge >= 0.3 is 5.97 Å². The van der Waals surface area contributed by atoms with Crippen molar-refractivity contribution in [1.29, 1.82) is 0 Å². The molecular weight excluding hydrogens is 295 g/mol. The first-order valence-electron chi connectivity index (χ1n) is 4.70. The van der Waals surface area contributed by atoms with Crippen LogP contribution in [-0.2, 0) is 9.59 Å². The molecule has 0 amide bonds. The number of aliphatic carboxylic acids is 1. The molecular formula is C11H10BrFO4. The number of hydrogen-bond donors (Lipinski definition) is 2. The fourth-order valence-corrected chi connectivity index (χ4v) is 1.68. The second-order valence-corrected chi connectivity index (χ2v) is 4.38. The van der Waals surface area contributed by atoms with E-state index >= 15 is 0 Å². The Balaban J connectivity index is 3.25. The van der Waals surface area contributed by atoms with Crippen molar-refractivity contribution in [3.05, 3.63) is 35.1 Å². The summed E-state index contributed by atoms with van der Waals surface area (Å²) in [6.07, 6.45) is -1.94. The molecule has 0 heterocycles. The molecule has 0 radical (unpaired) electrons. The number of benzene rings is 1. The van der Waals surface area contributed by atoms with Crippen LogP contribution in [0.2, 0.25) is 0 Å². The highest BCUT2D eigenvalue weighted by atomic mass is 79.9. The van der Waals surface area contributed by atoms with Gasteiger partial charge in [0.25, 0.3) is 0 Å². The molecule has 0 spiro atoms. The predicted molar refractivity (Wildman–Crippen MR) is 61.3 cm³/mol. The maximum Gasteiger partial charge on any atom is 0.337 e. The molecule has 1 rings (SSSR count). The van der Waals surface area contributed by atoms with E-state index in [1.54, 1.807) is 0 Å². The Morgan fingerprint density at radius 3 is 2.35 bits per heavy atom. The summed E-state index contributed by atoms with van der Waals surface area (Å²) in [6.45, 7) is 1.28. The van der Waals surface area contributed by atoms with Gasteiger partial charge in [0.1, 0.15) is 16.4 Å². The molecule has 0 aliphatic heterocycles. The standard InChI is InChI=1S/C11H10BrFO4/c1-5(14)8(12)6-3-2-4-7(9(6)13)10(15)11(16)17/h2-4,8,10,15H,1H3,(H,16,17). The summed E-state index contributed by atoms with van der Waals surface area (Å²) in [5.41, 5.74) is -0.351. The van der Waals surface area contributed by atoms with Crippen LogP contribution in [0.1, 0.15) is 29.0 Å². The Morgan fingerprint density at radius 1 is 1.35 bits per heavy atom. The highest BCUT2D eigenvalue weighted by Gasteiger charge is 2.25. The molecule has 1 aromatic carbocycles. The lowest BCUT2D eigenvalue weighted by molar-refractivity contribution is -0.147. The number of carboxylic acid groups (broad SMARTS) is 1. The van der Waals surface area contributed by atoms with Gasteiger partial charge < -0.3 is 10.2 Å². The maximum absolute atomic E-state index is 13.9. The number of halogens is 2. The summed E-state index contributed by atoms with van der Waals surface area (Å²) in [6, 6.07) is 3.91. The molecule has 6 heteroatoms. The lowest BCUT2D eigenvalue weighted by Gasteiger charge is -2.13. The van der Waals surface area contributed by atoms with Gasteiger partial charge in [-0.05, 0) is 6.92 Å². The van der Waals surface area contributed by atoms with Crippen LogP contribution in [0.25, 0.3) is 0 Å². The molecule has 0 saturated heterocycles. The van der Waals surface area contributed by atoms with Crippen molar-refractivity contribution in [2.45, 2.75) is 17.9 Å². The number of carboxylic acids is 1. The van der Waals surface area contributed by atoms with Crippen molar-refractivity contribution in [2.75, 3.05) is 0 Å². The number of alkyl halides is 1. The zero-order valence-corrected chi connectivity index (χ0v) is 10.4. The normalized spacial score (nSPS) is 14.1. The molecule has 92 valence electrons. The van der Waals surface area contributed by atoms with Crippen molar-refractivity contribution >= 4 is 27.7 Å². The topological polar surface area (TPSA) is 74.6 Å². The number of carbonyl (C=O) groups excluding carboxylic acids is 1. The Labute approximate surface area is 105 Å². The highest BCUT2D eigenvalue weighted by molar-refractivity contribution is 9.09. The largest absolute Gasteiger partial charge is 0.479 e. The molecule has 1 aromatic rings. The van der Waals surface area contributed by atoms with E-state index < -0.39 is 22.7 Å². The number of aliphatic hydroxyl groups is 1. The SMILES string of the molecule is CC(=O)C(Br)c1cccc(C(O)C(=O)O)c1F. The van der Waals surface area contributed by atoms with Gasteiger partial charge in [-0.3, -0.25) is 4.79 Å². The summed E-state index contributed by atoms with van der Waals surface area (Å²) in [4.78, 5) is 20.8. The molecule has 2 unspecified atom stereocenters. The van der Waals surface area contributed by atoms with Crippen LogP contribution in [0, 0.1) is 5.82 Å². The van der Waals surface area contributed by atoms with E-state index in [4.69, 9.17) is 5.11 Å². The van der Waals surface area contributed by atoms with Crippen LogP contribution in [0.15, 0.2) is 18.2 Å². The summed E-state index contributed by atoms with van der Waals surface area (Å²) < 4.78 is 13.9. The third-order valence-electron chi connectivity index (χ3n) is 2.22. The Bertz CT molecular complexity index is 423. The maximum atomic E-state index is 13.9. The van der Waals surface area contributed by atoms with Gasteiger partial charge in [0, 0.05) is 11.1 Å². The molecule has 4 nitrogen and oxygen atoms in total. The quantitative estimate of drug-likeness (QED) is 0.834. The minimum absolute atomic E-state index is 0.00954. The van der Waals surface area contributed by atoms with Crippen LogP contribution in [-0.4, -0.2) is 22.0 Å². The van der Waals surface area contributed by atoms with Gasteiger partial charge in [-0.15, -0.1) is 0 Å². The van der Waals surface area contributed by atoms with Gasteiger partial charge in [-0.1, -0.05) is 34.1 Å². The van der Waals surface area contributed by atoms with Gasteiger partial charge in [0.05, 0.1) is 0 Å². The third-order valence-corrected chi connectivity index (χ3v) is 3.35. The van der Waals surface area contributed by atoms with Crippen molar-refractivity contribution in [3.63, 3.8) is 0 Å². The summed E-state index contributed by atoms with van der Waals surface area (Å²) in [7, 11) is 0. The molecule has 0 aliphatic carbocycles. The van der Waals surface area contributed by atoms with Crippen molar-refractivity contribution in [1.82, 2.24) is 0 Å². The summed E-state index contributed by atoms with van der Waals surface area (Å²) in [5.74, 6) is -2.75. The fraction of sp³-hybridized carbons (Fsp3) is 0.273. The van der Waals surface area contributed by atoms with E-state index in [0.29, 0.717) is 0 Å². The first-order chi connectivity index (χ1) is 7.86. The lowest BCUT2D eigenvalue weighted by Crippen LogP contribution is -2.14. The van der Waals surface area contributed by atoms with E-state index in [-0.39, 0.29) is 16.9 Å². The minimum atomic E-state index is -1.94. The van der Waals surface area contributed by atoms with Gasteiger partial charge in [0.2, 0.25) is 0 Å². The first-order valence-corrected chi connectivity index (χ1v) is 5.61. The molecule has 0 fully saturated rings. The van der Waals surface area contributed by atoms with E-state index in [0.717, 1.165) is 6.07 Å². The predicted octanol–water partition coefficient (Wildman–Crippen LogP) is 1.97. The monoisotopic (exact) mass is 304 g/mol. The Hall–Kier alpha value is -1.27. The average Bonchev–Trinajstić information content (AvgIpc) is 2.27. The van der Waals surface area contributed by atoms with Crippen LogP contribution < -0.4 is 0 Å². The number of aliphatic hydroxyl groups excluding tert-OH is 1. The van der Waals surface area contributed by atoms with E-state index in [9.17, 15) is 19.1 Å². The van der Waals surface area contributed by atoms with E-state index in [1.807, 2.05) is 0 Å². The molecule has 17 heavy (non-hydrogen) atoms. The Kier molecular flexibility index (Phi) is 4.36. The Morgan fingerprint density at radius 2 is 1.88 bits per heavy atom. The second-order valence-electron chi connectivity index (χ2n) is 3.46. The highest BCUT2D eigenvalue weighted by Crippen LogP contribution is 2.30. The molecule has 2 atom stereocenters. The molecule has 0 saturated carbocycles.